The fourth-order valence-electron chi connectivity index (χ4n) is 4.89. The number of anilines is 1. The van der Waals surface area contributed by atoms with Crippen molar-refractivity contribution in [3.8, 4) is 0 Å². The number of ether oxygens (including phenoxy) is 1. The molecule has 0 amide bonds. The van der Waals surface area contributed by atoms with Crippen molar-refractivity contribution in [3.63, 3.8) is 0 Å². The van der Waals surface area contributed by atoms with Crippen LogP contribution in [0.4, 0.5) is 5.69 Å². The first-order valence-electron chi connectivity index (χ1n) is 13.7. The molecule has 34 heavy (non-hydrogen) atoms. The number of carbonyl (C=O) groups is 2. The van der Waals surface area contributed by atoms with Gasteiger partial charge < -0.3 is 10.1 Å². The molecule has 0 radical (unpaired) electrons. The molecule has 4 nitrogen and oxygen atoms in total. The van der Waals surface area contributed by atoms with E-state index in [0.29, 0.717) is 37.5 Å². The van der Waals surface area contributed by atoms with Gasteiger partial charge in [0.2, 0.25) is 0 Å². The molecule has 1 saturated carbocycles. The number of rotatable bonds is 12. The van der Waals surface area contributed by atoms with Crippen LogP contribution in [-0.4, -0.2) is 29.8 Å². The van der Waals surface area contributed by atoms with Gasteiger partial charge in [-0.2, -0.15) is 0 Å². The van der Waals surface area contributed by atoms with Crippen LogP contribution in [0.25, 0.3) is 0 Å². The molecule has 4 unspecified atom stereocenters. The van der Waals surface area contributed by atoms with Gasteiger partial charge in [-0.25, -0.2) is 0 Å². The Morgan fingerprint density at radius 3 is 2.38 bits per heavy atom. The summed E-state index contributed by atoms with van der Waals surface area (Å²) >= 11 is 0. The highest BCUT2D eigenvalue weighted by atomic mass is 16.5. The van der Waals surface area contributed by atoms with Crippen LogP contribution in [0.5, 0.6) is 0 Å². The first-order valence-corrected chi connectivity index (χ1v) is 13.7. The molecule has 0 spiro atoms. The first kappa shape index (κ1) is 30.4. The van der Waals surface area contributed by atoms with E-state index in [1.165, 1.54) is 11.1 Å². The van der Waals surface area contributed by atoms with Crippen molar-refractivity contribution in [2.45, 2.75) is 131 Å². The minimum absolute atomic E-state index is 0.0196. The maximum Gasteiger partial charge on any atom is 0.155 e. The Bertz CT molecular complexity index is 759. The summed E-state index contributed by atoms with van der Waals surface area (Å²) in [6.07, 6.45) is 7.41. The van der Waals surface area contributed by atoms with E-state index in [0.717, 1.165) is 44.4 Å². The van der Waals surface area contributed by atoms with Gasteiger partial charge in [0.05, 0.1) is 11.6 Å². The van der Waals surface area contributed by atoms with E-state index in [9.17, 15) is 9.59 Å². The highest BCUT2D eigenvalue weighted by Gasteiger charge is 2.27. The number of carbonyl (C=O) groups excluding carboxylic acids is 2. The molecule has 0 saturated heterocycles. The topological polar surface area (TPSA) is 55.4 Å². The van der Waals surface area contributed by atoms with E-state index in [2.05, 4.69) is 65.1 Å². The van der Waals surface area contributed by atoms with Gasteiger partial charge in [0, 0.05) is 31.6 Å². The van der Waals surface area contributed by atoms with Gasteiger partial charge in [0.15, 0.2) is 5.78 Å². The third-order valence-electron chi connectivity index (χ3n) is 7.27. The molecule has 4 atom stereocenters. The molecular formula is C30H51NO3. The summed E-state index contributed by atoms with van der Waals surface area (Å²) in [5.41, 5.74) is 3.58. The van der Waals surface area contributed by atoms with E-state index in [-0.39, 0.29) is 23.2 Å². The van der Waals surface area contributed by atoms with E-state index >= 15 is 0 Å². The maximum absolute atomic E-state index is 12.4. The summed E-state index contributed by atoms with van der Waals surface area (Å²) in [6, 6.07) is 6.22. The van der Waals surface area contributed by atoms with Crippen LogP contribution in [0.2, 0.25) is 0 Å². The van der Waals surface area contributed by atoms with Crippen LogP contribution in [0, 0.1) is 12.8 Å². The zero-order valence-corrected chi connectivity index (χ0v) is 23.3. The number of Topliss-reactive ketones (excluding diaryl/α,β-unsaturated/α-hetero) is 2. The normalized spacial score (nSPS) is 19.9. The Morgan fingerprint density at radius 2 is 1.76 bits per heavy atom. The zero-order chi connectivity index (χ0) is 25.7. The highest BCUT2D eigenvalue weighted by molar-refractivity contribution is 5.93. The molecule has 2 rings (SSSR count). The molecule has 0 heterocycles. The summed E-state index contributed by atoms with van der Waals surface area (Å²) in [5, 5.41) is 3.39. The number of hydrogen-bond donors (Lipinski definition) is 1. The van der Waals surface area contributed by atoms with E-state index in [4.69, 9.17) is 4.74 Å². The molecule has 1 aromatic carbocycles. The van der Waals surface area contributed by atoms with Crippen molar-refractivity contribution in [1.29, 1.82) is 0 Å². The van der Waals surface area contributed by atoms with E-state index in [1.54, 1.807) is 0 Å². The number of hydrogen-bond acceptors (Lipinski definition) is 4. The first-order chi connectivity index (χ1) is 16.2. The van der Waals surface area contributed by atoms with Crippen molar-refractivity contribution in [3.05, 3.63) is 29.3 Å². The van der Waals surface area contributed by atoms with Gasteiger partial charge in [-0.05, 0) is 81.0 Å². The molecule has 1 aromatic rings. The second kappa shape index (κ2) is 15.3. The lowest BCUT2D eigenvalue weighted by atomic mass is 9.81. The van der Waals surface area contributed by atoms with Crippen LogP contribution < -0.4 is 5.32 Å². The minimum Gasteiger partial charge on any atom is -0.375 e. The van der Waals surface area contributed by atoms with Crippen molar-refractivity contribution < 1.29 is 14.3 Å². The van der Waals surface area contributed by atoms with Crippen molar-refractivity contribution in [1.82, 2.24) is 0 Å². The third-order valence-corrected chi connectivity index (χ3v) is 7.27. The number of nitrogens with one attached hydrogen (secondary N) is 1. The van der Waals surface area contributed by atoms with Crippen LogP contribution in [0.3, 0.4) is 0 Å². The highest BCUT2D eigenvalue weighted by Crippen LogP contribution is 2.34. The van der Waals surface area contributed by atoms with Crippen molar-refractivity contribution in [2.75, 3.05) is 11.9 Å². The molecule has 1 N–H and O–H groups in total. The number of aryl methyl sites for hydroxylation is 1. The zero-order valence-electron chi connectivity index (χ0n) is 23.3. The minimum atomic E-state index is -0.248. The second-order valence-electron chi connectivity index (χ2n) is 10.2. The molecule has 1 aliphatic carbocycles. The molecule has 0 bridgehead atoms. The molecule has 0 aromatic heterocycles. The Morgan fingerprint density at radius 1 is 1.06 bits per heavy atom. The smallest absolute Gasteiger partial charge is 0.155 e. The monoisotopic (exact) mass is 473 g/mol. The van der Waals surface area contributed by atoms with E-state index in [1.807, 2.05) is 13.8 Å². The van der Waals surface area contributed by atoms with Gasteiger partial charge in [-0.1, -0.05) is 54.0 Å². The largest absolute Gasteiger partial charge is 0.375 e. The Labute approximate surface area is 209 Å². The van der Waals surface area contributed by atoms with Gasteiger partial charge in [-0.15, -0.1) is 0 Å². The summed E-state index contributed by atoms with van der Waals surface area (Å²) in [5.74, 6) is 1.37. The predicted molar refractivity (Wildman–Crippen MR) is 145 cm³/mol. The van der Waals surface area contributed by atoms with Gasteiger partial charge >= 0.3 is 0 Å². The van der Waals surface area contributed by atoms with Crippen LogP contribution in [0.15, 0.2) is 18.2 Å². The average Bonchev–Trinajstić information content (AvgIpc) is 2.98. The Balaban J connectivity index is 0.00000281. The summed E-state index contributed by atoms with van der Waals surface area (Å²) in [7, 11) is 0. The molecule has 0 aliphatic heterocycles. The quantitative estimate of drug-likeness (QED) is 0.312. The summed E-state index contributed by atoms with van der Waals surface area (Å²) < 4.78 is 6.23. The summed E-state index contributed by atoms with van der Waals surface area (Å²) in [6.45, 7) is 18.4. The van der Waals surface area contributed by atoms with Gasteiger partial charge in [0.1, 0.15) is 5.78 Å². The third kappa shape index (κ3) is 9.52. The Hall–Kier alpha value is -1.68. The predicted octanol–water partition coefficient (Wildman–Crippen LogP) is 8.02. The summed E-state index contributed by atoms with van der Waals surface area (Å²) in [4.78, 5) is 24.0. The Kier molecular flexibility index (Phi) is 13.7. The van der Waals surface area contributed by atoms with Crippen molar-refractivity contribution >= 4 is 17.3 Å². The van der Waals surface area contributed by atoms with Crippen LogP contribution >= 0.6 is 0 Å². The van der Waals surface area contributed by atoms with E-state index < -0.39 is 0 Å². The number of ketones is 2. The van der Waals surface area contributed by atoms with Gasteiger partial charge in [0.25, 0.3) is 0 Å². The maximum atomic E-state index is 12.4. The SMILES string of the molecule is CC.CCCOC(C)(CCC)CCC(C)C(C)c1ccc(NC2CCC(=O)CCC2=O)cc1C. The van der Waals surface area contributed by atoms with Crippen LogP contribution in [0.1, 0.15) is 123 Å². The van der Waals surface area contributed by atoms with Crippen molar-refractivity contribution in [2.24, 2.45) is 5.92 Å². The molecule has 1 aliphatic rings. The number of benzene rings is 1. The molecule has 4 heteroatoms. The van der Waals surface area contributed by atoms with Gasteiger partial charge in [-0.3, -0.25) is 9.59 Å². The fraction of sp³-hybridized carbons (Fsp3) is 0.733. The average molecular weight is 474 g/mol. The fourth-order valence-corrected chi connectivity index (χ4v) is 4.89. The molecule has 194 valence electrons. The lowest BCUT2D eigenvalue weighted by Crippen LogP contribution is -2.30. The standard InChI is InChI=1S/C28H45NO3.C2H6/c1-7-16-28(6,32-18-8-2)17-15-20(3)22(5)25-12-9-23(19-21(25)4)29-26-13-10-24(30)11-14-27(26)31;1-2/h9,12,19-20,22,26,29H,7-8,10-11,13-18H2,1-6H3;1-2H3. The molecular weight excluding hydrogens is 422 g/mol. The molecule has 1 fully saturated rings. The second-order valence-corrected chi connectivity index (χ2v) is 10.2. The lowest BCUT2D eigenvalue weighted by Gasteiger charge is -2.32. The lowest BCUT2D eigenvalue weighted by molar-refractivity contribution is -0.122. The van der Waals surface area contributed by atoms with Crippen LogP contribution in [-0.2, 0) is 14.3 Å².